The first-order chi connectivity index (χ1) is 14.8. The molecule has 0 aliphatic rings. The zero-order valence-corrected chi connectivity index (χ0v) is 18.0. The van der Waals surface area contributed by atoms with Crippen LogP contribution in [-0.4, -0.2) is 27.8 Å². The molecule has 0 aliphatic heterocycles. The Morgan fingerprint density at radius 3 is 2.29 bits per heavy atom. The number of aromatic nitrogens is 2. The number of amides is 1. The van der Waals surface area contributed by atoms with Gasteiger partial charge >= 0.3 is 5.97 Å². The molecule has 1 amide bonds. The summed E-state index contributed by atoms with van der Waals surface area (Å²) in [7, 11) is 1.84. The van der Waals surface area contributed by atoms with E-state index >= 15 is 0 Å². The number of carbonyl (C=O) groups excluding carboxylic acids is 2. The fraction of sp³-hybridized carbons (Fsp3) is 0.208. The molecule has 0 radical (unpaired) electrons. The maximum Gasteiger partial charge on any atom is 0.331 e. The minimum Gasteiger partial charge on any atom is -0.457 e. The van der Waals surface area contributed by atoms with Crippen LogP contribution < -0.4 is 10.1 Å². The summed E-state index contributed by atoms with van der Waals surface area (Å²) < 4.78 is 12.7. The summed E-state index contributed by atoms with van der Waals surface area (Å²) in [5.41, 5.74) is 3.18. The summed E-state index contributed by atoms with van der Waals surface area (Å²) >= 11 is 0. The van der Waals surface area contributed by atoms with Crippen molar-refractivity contribution in [2.45, 2.75) is 26.9 Å². The largest absolute Gasteiger partial charge is 0.457 e. The minimum absolute atomic E-state index is 0.424. The number of carbonyl (C=O) groups is 2. The van der Waals surface area contributed by atoms with Gasteiger partial charge in [-0.1, -0.05) is 18.2 Å². The molecule has 0 bridgehead atoms. The van der Waals surface area contributed by atoms with Gasteiger partial charge in [0.25, 0.3) is 5.91 Å². The van der Waals surface area contributed by atoms with Crippen LogP contribution >= 0.6 is 0 Å². The molecule has 3 aromatic rings. The first kappa shape index (κ1) is 21.8. The van der Waals surface area contributed by atoms with E-state index in [1.54, 1.807) is 35.0 Å². The van der Waals surface area contributed by atoms with Crippen molar-refractivity contribution >= 4 is 23.6 Å². The lowest BCUT2D eigenvalue weighted by Crippen LogP contribution is -2.29. The first-order valence-electron chi connectivity index (χ1n) is 9.86. The average Bonchev–Trinajstić information content (AvgIpc) is 2.99. The molecule has 0 aliphatic carbocycles. The lowest BCUT2D eigenvalue weighted by atomic mass is 10.2. The summed E-state index contributed by atoms with van der Waals surface area (Å²) in [6, 6.07) is 16.4. The highest BCUT2D eigenvalue weighted by molar-refractivity contribution is 5.96. The van der Waals surface area contributed by atoms with Crippen LogP contribution in [0.1, 0.15) is 23.9 Å². The zero-order valence-electron chi connectivity index (χ0n) is 18.0. The quantitative estimate of drug-likeness (QED) is 0.453. The SMILES string of the molecule is Cc1nn(C)c(C)c1/C=C/C(=O)O[C@H](C)C(=O)Nc1ccc(Oc2ccccc2)cc1. The molecule has 7 nitrogen and oxygen atoms in total. The predicted octanol–water partition coefficient (Wildman–Crippen LogP) is 4.41. The van der Waals surface area contributed by atoms with Gasteiger partial charge in [-0.25, -0.2) is 4.79 Å². The topological polar surface area (TPSA) is 82.5 Å². The van der Waals surface area contributed by atoms with Crippen LogP contribution in [0.3, 0.4) is 0 Å². The van der Waals surface area contributed by atoms with Gasteiger partial charge in [-0.2, -0.15) is 5.10 Å². The van der Waals surface area contributed by atoms with Gasteiger partial charge in [0, 0.05) is 30.1 Å². The second-order valence-electron chi connectivity index (χ2n) is 7.05. The van der Waals surface area contributed by atoms with Crippen molar-refractivity contribution in [3.8, 4) is 11.5 Å². The van der Waals surface area contributed by atoms with Gasteiger partial charge in [-0.05, 0) is 63.2 Å². The Morgan fingerprint density at radius 2 is 1.68 bits per heavy atom. The van der Waals surface area contributed by atoms with Crippen molar-refractivity contribution in [3.05, 3.63) is 77.6 Å². The highest BCUT2D eigenvalue weighted by Crippen LogP contribution is 2.22. The molecular weight excluding hydrogens is 394 g/mol. The molecule has 0 unspecified atom stereocenters. The number of anilines is 1. The van der Waals surface area contributed by atoms with Gasteiger partial charge in [0.15, 0.2) is 6.10 Å². The third-order valence-electron chi connectivity index (χ3n) is 4.71. The molecule has 2 aromatic carbocycles. The van der Waals surface area contributed by atoms with Gasteiger partial charge in [-0.15, -0.1) is 0 Å². The van der Waals surface area contributed by atoms with Crippen molar-refractivity contribution < 1.29 is 19.1 Å². The van der Waals surface area contributed by atoms with Crippen molar-refractivity contribution in [3.63, 3.8) is 0 Å². The van der Waals surface area contributed by atoms with Crippen LogP contribution in [0.4, 0.5) is 5.69 Å². The van der Waals surface area contributed by atoms with E-state index in [9.17, 15) is 9.59 Å². The van der Waals surface area contributed by atoms with Gasteiger partial charge in [0.05, 0.1) is 5.69 Å². The monoisotopic (exact) mass is 419 g/mol. The molecule has 3 rings (SSSR count). The summed E-state index contributed by atoms with van der Waals surface area (Å²) in [4.78, 5) is 24.5. The van der Waals surface area contributed by atoms with Gasteiger partial charge in [0.1, 0.15) is 11.5 Å². The highest BCUT2D eigenvalue weighted by atomic mass is 16.5. The third-order valence-corrected chi connectivity index (χ3v) is 4.71. The third kappa shape index (κ3) is 5.82. The van der Waals surface area contributed by atoms with E-state index in [0.29, 0.717) is 11.4 Å². The van der Waals surface area contributed by atoms with Crippen LogP contribution in [-0.2, 0) is 21.4 Å². The Balaban J connectivity index is 1.52. The first-order valence-corrected chi connectivity index (χ1v) is 9.86. The number of nitrogens with zero attached hydrogens (tertiary/aromatic N) is 2. The molecular formula is C24H25N3O4. The van der Waals surface area contributed by atoms with E-state index in [0.717, 1.165) is 22.7 Å². The Labute approximate surface area is 181 Å². The van der Waals surface area contributed by atoms with Crippen molar-refractivity contribution in [1.82, 2.24) is 9.78 Å². The molecule has 1 atom stereocenters. The lowest BCUT2D eigenvalue weighted by Gasteiger charge is -2.13. The van der Waals surface area contributed by atoms with Crippen LogP contribution in [0.25, 0.3) is 6.08 Å². The van der Waals surface area contributed by atoms with Gasteiger partial charge in [-0.3, -0.25) is 9.48 Å². The van der Waals surface area contributed by atoms with E-state index in [1.807, 2.05) is 51.2 Å². The number of rotatable bonds is 7. The van der Waals surface area contributed by atoms with E-state index in [2.05, 4.69) is 10.4 Å². The normalized spacial score (nSPS) is 11.9. The molecule has 7 heteroatoms. The van der Waals surface area contributed by atoms with Gasteiger partial charge < -0.3 is 14.8 Å². The number of esters is 1. The summed E-state index contributed by atoms with van der Waals surface area (Å²) in [5, 5.41) is 7.02. The summed E-state index contributed by atoms with van der Waals surface area (Å²) in [6.07, 6.45) is 2.00. The summed E-state index contributed by atoms with van der Waals surface area (Å²) in [5.74, 6) is 0.350. The Morgan fingerprint density at radius 1 is 1.03 bits per heavy atom. The number of para-hydroxylation sites is 1. The zero-order chi connectivity index (χ0) is 22.4. The maximum absolute atomic E-state index is 12.4. The second kappa shape index (κ2) is 9.75. The van der Waals surface area contributed by atoms with Crippen molar-refractivity contribution in [2.75, 3.05) is 5.32 Å². The smallest absolute Gasteiger partial charge is 0.331 e. The van der Waals surface area contributed by atoms with E-state index in [4.69, 9.17) is 9.47 Å². The molecule has 0 fully saturated rings. The van der Waals surface area contributed by atoms with E-state index in [-0.39, 0.29) is 0 Å². The highest BCUT2D eigenvalue weighted by Gasteiger charge is 2.17. The molecule has 1 aromatic heterocycles. The van der Waals surface area contributed by atoms with Crippen LogP contribution in [0.15, 0.2) is 60.7 Å². The number of hydrogen-bond acceptors (Lipinski definition) is 5. The van der Waals surface area contributed by atoms with Crippen molar-refractivity contribution in [1.29, 1.82) is 0 Å². The Bertz CT molecular complexity index is 1090. The van der Waals surface area contributed by atoms with Gasteiger partial charge in [0.2, 0.25) is 0 Å². The van der Waals surface area contributed by atoms with Crippen LogP contribution in [0.2, 0.25) is 0 Å². The lowest BCUT2D eigenvalue weighted by molar-refractivity contribution is -0.148. The molecule has 0 saturated carbocycles. The fourth-order valence-electron chi connectivity index (χ4n) is 2.92. The van der Waals surface area contributed by atoms with E-state index in [1.165, 1.54) is 13.0 Å². The number of nitrogens with one attached hydrogen (secondary N) is 1. The van der Waals surface area contributed by atoms with Crippen LogP contribution in [0.5, 0.6) is 11.5 Å². The Kier molecular flexibility index (Phi) is 6.87. The molecule has 160 valence electrons. The fourth-order valence-corrected chi connectivity index (χ4v) is 2.92. The Hall–Kier alpha value is -3.87. The van der Waals surface area contributed by atoms with Crippen LogP contribution in [0, 0.1) is 13.8 Å². The number of hydrogen-bond donors (Lipinski definition) is 1. The maximum atomic E-state index is 12.4. The van der Waals surface area contributed by atoms with Crippen molar-refractivity contribution in [2.24, 2.45) is 7.05 Å². The number of ether oxygens (including phenoxy) is 2. The summed E-state index contributed by atoms with van der Waals surface area (Å²) in [6.45, 7) is 5.30. The molecule has 31 heavy (non-hydrogen) atoms. The standard InChI is InChI=1S/C24H25N3O4/c1-16-22(17(2)27(4)26-16)14-15-23(28)30-18(3)24(29)25-19-10-12-21(13-11-19)31-20-8-6-5-7-9-20/h5-15,18H,1-4H3,(H,25,29)/b15-14+/t18-/m1/s1. The molecule has 0 spiro atoms. The minimum atomic E-state index is -0.950. The molecule has 1 heterocycles. The van der Waals surface area contributed by atoms with E-state index < -0.39 is 18.0 Å². The molecule has 0 saturated heterocycles. The number of aryl methyl sites for hydroxylation is 2. The number of benzene rings is 2. The second-order valence-corrected chi connectivity index (χ2v) is 7.05. The predicted molar refractivity (Wildman–Crippen MR) is 119 cm³/mol. The average molecular weight is 419 g/mol. The molecule has 1 N–H and O–H groups in total.